The van der Waals surface area contributed by atoms with E-state index in [1.807, 2.05) is 37.3 Å². The number of carbonyl (C=O) groups excluding carboxylic acids is 4. The number of ether oxygens (including phenoxy) is 3. The van der Waals surface area contributed by atoms with E-state index in [1.165, 1.54) is 13.8 Å². The Morgan fingerprint density at radius 1 is 0.973 bits per heavy atom. The van der Waals surface area contributed by atoms with Gasteiger partial charge in [-0.25, -0.2) is 0 Å². The number of rotatable bonds is 3. The fourth-order valence-corrected chi connectivity index (χ4v) is 5.80. The van der Waals surface area contributed by atoms with Crippen molar-refractivity contribution in [2.75, 3.05) is 11.9 Å². The Kier molecular flexibility index (Phi) is 5.38. The second-order valence-electron chi connectivity index (χ2n) is 9.85. The first kappa shape index (κ1) is 23.4. The van der Waals surface area contributed by atoms with E-state index in [0.717, 1.165) is 21.9 Å². The van der Waals surface area contributed by atoms with Gasteiger partial charge in [-0.15, -0.1) is 0 Å². The highest BCUT2D eigenvalue weighted by molar-refractivity contribution is 6.33. The first-order valence-electron chi connectivity index (χ1n) is 12.2. The topological polar surface area (TPSA) is 108 Å². The van der Waals surface area contributed by atoms with Crippen LogP contribution < -0.4 is 5.32 Å². The second kappa shape index (κ2) is 8.52. The van der Waals surface area contributed by atoms with Gasteiger partial charge in [0, 0.05) is 42.5 Å². The minimum atomic E-state index is -0.744. The number of aryl methyl sites for hydroxylation is 1. The molecule has 6 rings (SSSR count). The Balaban J connectivity index is 1.44. The van der Waals surface area contributed by atoms with Crippen molar-refractivity contribution in [1.29, 1.82) is 0 Å². The van der Waals surface area contributed by atoms with Crippen molar-refractivity contribution < 1.29 is 33.4 Å². The molecular weight excluding hydrogens is 474 g/mol. The third kappa shape index (κ3) is 3.71. The number of hydrogen-bond acceptors (Lipinski definition) is 8. The Morgan fingerprint density at radius 3 is 2.46 bits per heavy atom. The molecular formula is C29H25NO7. The third-order valence-corrected chi connectivity index (χ3v) is 7.36. The number of benzene rings is 3. The van der Waals surface area contributed by atoms with Crippen molar-refractivity contribution in [2.24, 2.45) is 0 Å². The third-order valence-electron chi connectivity index (χ3n) is 7.36. The maximum atomic E-state index is 13.9. The summed E-state index contributed by atoms with van der Waals surface area (Å²) in [6, 6.07) is 12.5. The molecule has 0 amide bonds. The molecule has 3 aliphatic rings. The molecule has 0 aromatic heterocycles. The zero-order chi connectivity index (χ0) is 26.0. The normalized spacial score (nSPS) is 23.4. The van der Waals surface area contributed by atoms with Crippen molar-refractivity contribution in [3.8, 4) is 0 Å². The number of ketones is 2. The minimum absolute atomic E-state index is 0.0699. The predicted octanol–water partition coefficient (Wildman–Crippen LogP) is 4.04. The fraction of sp³-hybridized carbons (Fsp3) is 0.310. The molecule has 0 unspecified atom stereocenters. The quantitative estimate of drug-likeness (QED) is 0.421. The van der Waals surface area contributed by atoms with Gasteiger partial charge in [0.05, 0.1) is 23.4 Å². The van der Waals surface area contributed by atoms with Gasteiger partial charge in [0.1, 0.15) is 12.7 Å². The summed E-state index contributed by atoms with van der Waals surface area (Å²) in [5, 5.41) is 5.04. The summed E-state index contributed by atoms with van der Waals surface area (Å²) in [6.07, 6.45) is -1.36. The van der Waals surface area contributed by atoms with Gasteiger partial charge in [0.15, 0.2) is 17.7 Å². The second-order valence-corrected chi connectivity index (χ2v) is 9.85. The lowest BCUT2D eigenvalue weighted by Crippen LogP contribution is -2.55. The zero-order valence-corrected chi connectivity index (χ0v) is 20.6. The standard InChI is InChI=1S/C29H25NO7/c1-13-4-6-17-16(10-13)5-7-19-24(17)27(33)20-9-8-18-22-11-21(30-26(18)25(20)28(19)34)29(36-15(3)32)23(37-22)12-35-14(2)31/h4-10,21-23,29-30H,11-12H2,1-3H3/t21-,22-,23+,29-/m0/s1. The minimum Gasteiger partial charge on any atom is -0.463 e. The van der Waals surface area contributed by atoms with Crippen LogP contribution in [0.1, 0.15) is 69.3 Å². The number of esters is 2. The lowest BCUT2D eigenvalue weighted by Gasteiger charge is -2.46. The summed E-state index contributed by atoms with van der Waals surface area (Å²) >= 11 is 0. The average molecular weight is 500 g/mol. The molecule has 0 spiro atoms. The maximum Gasteiger partial charge on any atom is 0.303 e. The van der Waals surface area contributed by atoms with E-state index in [-0.39, 0.29) is 18.2 Å². The lowest BCUT2D eigenvalue weighted by atomic mass is 9.77. The van der Waals surface area contributed by atoms with E-state index in [9.17, 15) is 19.2 Å². The molecule has 1 fully saturated rings. The van der Waals surface area contributed by atoms with Gasteiger partial charge in [0.25, 0.3) is 0 Å². The number of carbonyl (C=O) groups is 4. The van der Waals surface area contributed by atoms with E-state index in [0.29, 0.717) is 34.4 Å². The van der Waals surface area contributed by atoms with Gasteiger partial charge in [-0.05, 0) is 29.8 Å². The molecule has 8 nitrogen and oxygen atoms in total. The van der Waals surface area contributed by atoms with Gasteiger partial charge in [-0.3, -0.25) is 19.2 Å². The van der Waals surface area contributed by atoms with Gasteiger partial charge in [-0.1, -0.05) is 35.9 Å². The summed E-state index contributed by atoms with van der Waals surface area (Å²) in [5.41, 5.74) is 3.75. The maximum absolute atomic E-state index is 13.9. The summed E-state index contributed by atoms with van der Waals surface area (Å²) in [7, 11) is 0. The zero-order valence-electron chi connectivity index (χ0n) is 20.6. The van der Waals surface area contributed by atoms with Gasteiger partial charge < -0.3 is 19.5 Å². The summed E-state index contributed by atoms with van der Waals surface area (Å²) in [4.78, 5) is 50.9. The van der Waals surface area contributed by atoms with E-state index >= 15 is 0 Å². The van der Waals surface area contributed by atoms with Crippen LogP contribution in [-0.2, 0) is 23.8 Å². The average Bonchev–Trinajstić information content (AvgIpc) is 2.86. The van der Waals surface area contributed by atoms with Crippen LogP contribution in [0.3, 0.4) is 0 Å². The molecule has 1 saturated heterocycles. The number of hydrogen-bond donors (Lipinski definition) is 1. The van der Waals surface area contributed by atoms with E-state index in [1.54, 1.807) is 12.1 Å². The van der Waals surface area contributed by atoms with Gasteiger partial charge >= 0.3 is 11.9 Å². The summed E-state index contributed by atoms with van der Waals surface area (Å²) in [5.74, 6) is -1.40. The van der Waals surface area contributed by atoms with Crippen LogP contribution in [0.2, 0.25) is 0 Å². The molecule has 8 heteroatoms. The van der Waals surface area contributed by atoms with E-state index in [4.69, 9.17) is 14.2 Å². The van der Waals surface area contributed by atoms with E-state index in [2.05, 4.69) is 5.32 Å². The van der Waals surface area contributed by atoms with Crippen molar-refractivity contribution in [1.82, 2.24) is 0 Å². The molecule has 2 aliphatic heterocycles. The monoisotopic (exact) mass is 499 g/mol. The molecule has 2 heterocycles. The molecule has 1 aliphatic carbocycles. The van der Waals surface area contributed by atoms with Crippen molar-refractivity contribution in [3.05, 3.63) is 75.8 Å². The Morgan fingerprint density at radius 2 is 1.70 bits per heavy atom. The Hall–Kier alpha value is -4.04. The molecule has 4 atom stereocenters. The van der Waals surface area contributed by atoms with Crippen LogP contribution in [0.5, 0.6) is 0 Å². The SMILES string of the molecule is CC(=O)OC[C@H]1O[C@H]2C[C@H](Nc3c2ccc2c3C(=O)c3ccc4cc(C)ccc4c3C2=O)[C@@H]1OC(C)=O. The number of nitrogens with one attached hydrogen (secondary N) is 1. The van der Waals surface area contributed by atoms with Crippen molar-refractivity contribution >= 4 is 40.0 Å². The molecule has 0 saturated carbocycles. The van der Waals surface area contributed by atoms with Gasteiger partial charge in [0.2, 0.25) is 0 Å². The van der Waals surface area contributed by atoms with Gasteiger partial charge in [-0.2, -0.15) is 0 Å². The van der Waals surface area contributed by atoms with Crippen LogP contribution in [-0.4, -0.2) is 48.4 Å². The summed E-state index contributed by atoms with van der Waals surface area (Å²) in [6.45, 7) is 4.52. The molecule has 3 aromatic rings. The number of anilines is 1. The van der Waals surface area contributed by atoms with Crippen molar-refractivity contribution in [3.63, 3.8) is 0 Å². The molecule has 37 heavy (non-hydrogen) atoms. The molecule has 1 N–H and O–H groups in total. The molecule has 2 bridgehead atoms. The smallest absolute Gasteiger partial charge is 0.303 e. The van der Waals surface area contributed by atoms with Crippen LogP contribution in [0.15, 0.2) is 42.5 Å². The lowest BCUT2D eigenvalue weighted by molar-refractivity contribution is -0.185. The molecule has 3 aromatic carbocycles. The molecule has 188 valence electrons. The fourth-order valence-electron chi connectivity index (χ4n) is 5.80. The first-order chi connectivity index (χ1) is 17.7. The highest BCUT2D eigenvalue weighted by Gasteiger charge is 2.47. The number of fused-ring (bicyclic) bond motifs is 9. The first-order valence-corrected chi connectivity index (χ1v) is 12.2. The summed E-state index contributed by atoms with van der Waals surface area (Å²) < 4.78 is 17.0. The largest absolute Gasteiger partial charge is 0.463 e. The highest BCUT2D eigenvalue weighted by atomic mass is 16.6. The van der Waals surface area contributed by atoms with Crippen LogP contribution in [0, 0.1) is 6.92 Å². The van der Waals surface area contributed by atoms with Crippen LogP contribution in [0.25, 0.3) is 10.8 Å². The Bertz CT molecular complexity index is 1520. The van der Waals surface area contributed by atoms with E-state index < -0.39 is 36.3 Å². The predicted molar refractivity (Wildman–Crippen MR) is 134 cm³/mol. The highest BCUT2D eigenvalue weighted by Crippen LogP contribution is 2.46. The Labute approximate surface area is 212 Å². The van der Waals surface area contributed by atoms with Crippen molar-refractivity contribution in [2.45, 2.75) is 51.5 Å². The van der Waals surface area contributed by atoms with Crippen LogP contribution in [0.4, 0.5) is 5.69 Å². The molecule has 0 radical (unpaired) electrons. The van der Waals surface area contributed by atoms with Crippen LogP contribution >= 0.6 is 0 Å².